The highest BCUT2D eigenvalue weighted by atomic mass is 16.3. The van der Waals surface area contributed by atoms with Crippen LogP contribution in [0.25, 0.3) is 10.9 Å². The fourth-order valence-electron chi connectivity index (χ4n) is 2.54. The Morgan fingerprint density at radius 3 is 3.04 bits per heavy atom. The van der Waals surface area contributed by atoms with Gasteiger partial charge in [-0.2, -0.15) is 5.10 Å². The molecule has 0 atom stereocenters. The number of rotatable bonds is 3. The molecule has 4 rings (SSSR count). The lowest BCUT2D eigenvalue weighted by Gasteiger charge is -2.03. The molecule has 0 radical (unpaired) electrons. The van der Waals surface area contributed by atoms with Gasteiger partial charge in [-0.15, -0.1) is 0 Å². The number of carbonyl (C=O) groups excluding carboxylic acids is 1. The van der Waals surface area contributed by atoms with Gasteiger partial charge in [0.05, 0.1) is 30.8 Å². The van der Waals surface area contributed by atoms with Gasteiger partial charge in [0.1, 0.15) is 17.1 Å². The Hall–Kier alpha value is -3.79. The molecule has 0 bridgehead atoms. The molecule has 128 valence electrons. The third-order valence-corrected chi connectivity index (χ3v) is 3.95. The number of imidazole rings is 1. The predicted molar refractivity (Wildman–Crippen MR) is 95.2 cm³/mol. The number of nitrogens with zero attached hydrogens (tertiary/aromatic N) is 3. The molecule has 0 aliphatic carbocycles. The van der Waals surface area contributed by atoms with Crippen molar-refractivity contribution < 1.29 is 9.21 Å². The van der Waals surface area contributed by atoms with Crippen LogP contribution >= 0.6 is 0 Å². The van der Waals surface area contributed by atoms with Crippen LogP contribution in [0.3, 0.4) is 0 Å². The predicted octanol–water partition coefficient (Wildman–Crippen LogP) is 2.22. The van der Waals surface area contributed by atoms with Crippen LogP contribution in [0.5, 0.6) is 0 Å². The summed E-state index contributed by atoms with van der Waals surface area (Å²) < 4.78 is 7.04. The Bertz CT molecular complexity index is 1130. The molecule has 3 heterocycles. The van der Waals surface area contributed by atoms with Crippen molar-refractivity contribution in [3.05, 3.63) is 71.8 Å². The number of amides is 1. The Kier molecular flexibility index (Phi) is 4.00. The van der Waals surface area contributed by atoms with Gasteiger partial charge >= 0.3 is 0 Å². The molecule has 0 aliphatic rings. The quantitative estimate of drug-likeness (QED) is 0.557. The first-order chi connectivity index (χ1) is 12.7. The number of fused-ring (bicyclic) bond motifs is 1. The molecule has 26 heavy (non-hydrogen) atoms. The zero-order valence-electron chi connectivity index (χ0n) is 14.0. The van der Waals surface area contributed by atoms with E-state index in [-0.39, 0.29) is 5.91 Å². The Morgan fingerprint density at radius 2 is 2.27 bits per heavy atom. The number of nitrogens with one attached hydrogen (secondary N) is 2. The summed E-state index contributed by atoms with van der Waals surface area (Å²) in [6.45, 7) is 0.342. The van der Waals surface area contributed by atoms with E-state index in [0.717, 1.165) is 16.6 Å². The maximum atomic E-state index is 12.3. The number of aromatic amines is 1. The van der Waals surface area contributed by atoms with Crippen molar-refractivity contribution in [2.75, 3.05) is 0 Å². The van der Waals surface area contributed by atoms with E-state index in [4.69, 9.17) is 4.42 Å². The molecule has 1 aromatic carbocycles. The topological polar surface area (TPSA) is 88.7 Å². The third-order valence-electron chi connectivity index (χ3n) is 3.95. The molecule has 0 unspecified atom stereocenters. The number of carbonyl (C=O) groups is 1. The number of benzene rings is 1. The molecule has 0 saturated carbocycles. The van der Waals surface area contributed by atoms with Gasteiger partial charge < -0.3 is 14.3 Å². The zero-order valence-corrected chi connectivity index (χ0v) is 14.0. The van der Waals surface area contributed by atoms with Gasteiger partial charge in [-0.05, 0) is 42.2 Å². The standard InChI is InChI=1S/C19H15N5O2/c1-24-12-20-10-14(24)5-7-17-16-6-4-13(9-18(16)23-22-17)19(25)21-11-15-3-2-8-26-15/h2-4,6,8-10,12H,11H2,1H3,(H,21,25)(H,22,23). The number of aryl methyl sites for hydroxylation is 1. The fraction of sp³-hybridized carbons (Fsp3) is 0.105. The van der Waals surface area contributed by atoms with Gasteiger partial charge in [-0.1, -0.05) is 0 Å². The molecule has 7 nitrogen and oxygen atoms in total. The van der Waals surface area contributed by atoms with Crippen LogP contribution < -0.4 is 5.32 Å². The second kappa shape index (κ2) is 6.61. The SMILES string of the molecule is Cn1cncc1C#Cc1n[nH]c2cc(C(=O)NCc3ccco3)ccc12. The maximum Gasteiger partial charge on any atom is 0.251 e. The first kappa shape index (κ1) is 15.7. The second-order valence-corrected chi connectivity index (χ2v) is 5.73. The van der Waals surface area contributed by atoms with Crippen molar-refractivity contribution >= 4 is 16.8 Å². The van der Waals surface area contributed by atoms with Crippen LogP contribution in [0.2, 0.25) is 0 Å². The first-order valence-electron chi connectivity index (χ1n) is 7.98. The lowest BCUT2D eigenvalue weighted by Crippen LogP contribution is -2.22. The van der Waals surface area contributed by atoms with Crippen molar-refractivity contribution in [2.45, 2.75) is 6.54 Å². The average molecular weight is 345 g/mol. The first-order valence-corrected chi connectivity index (χ1v) is 7.98. The lowest BCUT2D eigenvalue weighted by atomic mass is 10.1. The molecular formula is C19H15N5O2. The summed E-state index contributed by atoms with van der Waals surface area (Å²) in [7, 11) is 1.88. The molecule has 0 spiro atoms. The Balaban J connectivity index is 1.54. The van der Waals surface area contributed by atoms with E-state index in [9.17, 15) is 4.79 Å². The van der Waals surface area contributed by atoms with Crippen LogP contribution in [0, 0.1) is 11.8 Å². The minimum absolute atomic E-state index is 0.180. The highest BCUT2D eigenvalue weighted by molar-refractivity contribution is 5.98. The number of hydrogen-bond donors (Lipinski definition) is 2. The number of furan rings is 1. The summed E-state index contributed by atoms with van der Waals surface area (Å²) in [5, 5.41) is 10.8. The van der Waals surface area contributed by atoms with Crippen LogP contribution in [-0.2, 0) is 13.6 Å². The van der Waals surface area contributed by atoms with Crippen LogP contribution in [0.4, 0.5) is 0 Å². The second-order valence-electron chi connectivity index (χ2n) is 5.73. The van der Waals surface area contributed by atoms with Gasteiger partial charge in [0, 0.05) is 18.0 Å². The van der Waals surface area contributed by atoms with Gasteiger partial charge in [-0.3, -0.25) is 9.89 Å². The zero-order chi connectivity index (χ0) is 17.9. The molecule has 0 aliphatic heterocycles. The maximum absolute atomic E-state index is 12.3. The van der Waals surface area contributed by atoms with Crippen molar-refractivity contribution in [1.82, 2.24) is 25.1 Å². The summed E-state index contributed by atoms with van der Waals surface area (Å²) in [6.07, 6.45) is 4.97. The van der Waals surface area contributed by atoms with Crippen LogP contribution in [0.1, 0.15) is 27.5 Å². The van der Waals surface area contributed by atoms with E-state index < -0.39 is 0 Å². The lowest BCUT2D eigenvalue weighted by molar-refractivity contribution is 0.0948. The molecule has 2 N–H and O–H groups in total. The highest BCUT2D eigenvalue weighted by Gasteiger charge is 2.10. The normalized spacial score (nSPS) is 10.5. The molecule has 0 saturated heterocycles. The number of aromatic nitrogens is 4. The summed E-state index contributed by atoms with van der Waals surface area (Å²) in [5.41, 5.74) is 2.72. The smallest absolute Gasteiger partial charge is 0.251 e. The van der Waals surface area contributed by atoms with Gasteiger partial charge in [0.25, 0.3) is 5.91 Å². The van der Waals surface area contributed by atoms with Gasteiger partial charge in [-0.25, -0.2) is 4.98 Å². The minimum Gasteiger partial charge on any atom is -0.467 e. The number of H-pyrrole nitrogens is 1. The van der Waals surface area contributed by atoms with Crippen molar-refractivity contribution in [3.8, 4) is 11.8 Å². The molecule has 3 aromatic heterocycles. The summed E-state index contributed by atoms with van der Waals surface area (Å²) in [6, 6.07) is 8.95. The van der Waals surface area contributed by atoms with Crippen LogP contribution in [0.15, 0.2) is 53.5 Å². The van der Waals surface area contributed by atoms with Crippen molar-refractivity contribution in [1.29, 1.82) is 0 Å². The van der Waals surface area contributed by atoms with Gasteiger partial charge in [0.15, 0.2) is 0 Å². The van der Waals surface area contributed by atoms with Gasteiger partial charge in [0.2, 0.25) is 0 Å². The van der Waals surface area contributed by atoms with E-state index in [1.165, 1.54) is 0 Å². The van der Waals surface area contributed by atoms with E-state index in [1.807, 2.05) is 23.7 Å². The molecule has 7 heteroatoms. The molecular weight excluding hydrogens is 330 g/mol. The highest BCUT2D eigenvalue weighted by Crippen LogP contribution is 2.17. The molecule has 1 amide bonds. The van der Waals surface area contributed by atoms with Crippen molar-refractivity contribution in [3.63, 3.8) is 0 Å². The third kappa shape index (κ3) is 3.08. The van der Waals surface area contributed by atoms with E-state index in [1.54, 1.807) is 37.0 Å². The number of hydrogen-bond acceptors (Lipinski definition) is 4. The summed E-state index contributed by atoms with van der Waals surface area (Å²) >= 11 is 0. The Morgan fingerprint density at radius 1 is 1.35 bits per heavy atom. The van der Waals surface area contributed by atoms with E-state index in [0.29, 0.717) is 23.6 Å². The minimum atomic E-state index is -0.180. The summed E-state index contributed by atoms with van der Waals surface area (Å²) in [4.78, 5) is 16.3. The fourth-order valence-corrected chi connectivity index (χ4v) is 2.54. The monoisotopic (exact) mass is 345 g/mol. The largest absolute Gasteiger partial charge is 0.467 e. The summed E-state index contributed by atoms with van der Waals surface area (Å²) in [5.74, 6) is 6.60. The molecule has 4 aromatic rings. The van der Waals surface area contributed by atoms with E-state index >= 15 is 0 Å². The van der Waals surface area contributed by atoms with E-state index in [2.05, 4.69) is 32.3 Å². The average Bonchev–Trinajstić information content (AvgIpc) is 3.39. The van der Waals surface area contributed by atoms with Crippen LogP contribution in [-0.4, -0.2) is 25.7 Å². The molecule has 0 fully saturated rings. The van der Waals surface area contributed by atoms with Crippen molar-refractivity contribution in [2.24, 2.45) is 7.05 Å². The Labute approximate surface area is 149 Å².